The molecule has 3 rings (SSSR count). The van der Waals surface area contributed by atoms with Gasteiger partial charge in [-0.25, -0.2) is 0 Å². The average Bonchev–Trinajstić information content (AvgIpc) is 2.46. The second-order valence-corrected chi connectivity index (χ2v) is 4.50. The predicted molar refractivity (Wildman–Crippen MR) is 80.7 cm³/mol. The van der Waals surface area contributed by atoms with E-state index in [1.165, 1.54) is 0 Å². The zero-order chi connectivity index (χ0) is 13.2. The van der Waals surface area contributed by atoms with Crippen LogP contribution in [-0.2, 0) is 0 Å². The van der Waals surface area contributed by atoms with E-state index in [-0.39, 0.29) is 0 Å². The third-order valence-corrected chi connectivity index (χ3v) is 3.25. The maximum absolute atomic E-state index is 5.81. The van der Waals surface area contributed by atoms with Gasteiger partial charge in [0.2, 0.25) is 0 Å². The lowest BCUT2D eigenvalue weighted by molar-refractivity contribution is 1.21. The third kappa shape index (κ3) is 2.10. The van der Waals surface area contributed by atoms with Gasteiger partial charge in [0.1, 0.15) is 0 Å². The lowest BCUT2D eigenvalue weighted by Crippen LogP contribution is -2.09. The Kier molecular flexibility index (Phi) is 2.80. The van der Waals surface area contributed by atoms with Crippen LogP contribution < -0.4 is 10.6 Å². The normalized spacial score (nSPS) is 10.6. The van der Waals surface area contributed by atoms with Gasteiger partial charge in [-0.1, -0.05) is 18.2 Å². The van der Waals surface area contributed by atoms with E-state index in [0.717, 1.165) is 28.0 Å². The Morgan fingerprint density at radius 1 is 1.00 bits per heavy atom. The van der Waals surface area contributed by atoms with E-state index in [9.17, 15) is 0 Å². The molecule has 0 spiro atoms. The van der Waals surface area contributed by atoms with Crippen molar-refractivity contribution < 1.29 is 0 Å². The lowest BCUT2D eigenvalue weighted by Gasteiger charge is -2.21. The monoisotopic (exact) mass is 249 g/mol. The molecular formula is C16H15N3. The molecule has 19 heavy (non-hydrogen) atoms. The summed E-state index contributed by atoms with van der Waals surface area (Å²) < 4.78 is 0. The predicted octanol–water partition coefficient (Wildman–Crippen LogP) is 3.58. The minimum atomic E-state index is 0.736. The molecule has 2 aromatic carbocycles. The van der Waals surface area contributed by atoms with Crippen LogP contribution >= 0.6 is 0 Å². The van der Waals surface area contributed by atoms with Crippen molar-refractivity contribution in [2.24, 2.45) is 0 Å². The number of rotatable bonds is 2. The van der Waals surface area contributed by atoms with Crippen LogP contribution in [0.5, 0.6) is 0 Å². The SMILES string of the molecule is CN(c1ccccc1)c1ccnc2cc(N)ccc12. The standard InChI is InChI=1S/C16H15N3/c1-19(13-5-3-2-4-6-13)16-9-10-18-15-11-12(17)7-8-14(15)16/h2-11H,17H2,1H3. The van der Waals surface area contributed by atoms with Crippen LogP contribution in [-0.4, -0.2) is 12.0 Å². The van der Waals surface area contributed by atoms with Crippen molar-refractivity contribution >= 4 is 28.0 Å². The van der Waals surface area contributed by atoms with Crippen molar-refractivity contribution in [3.8, 4) is 0 Å². The van der Waals surface area contributed by atoms with Gasteiger partial charge < -0.3 is 10.6 Å². The topological polar surface area (TPSA) is 42.2 Å². The molecule has 0 unspecified atom stereocenters. The second-order valence-electron chi connectivity index (χ2n) is 4.50. The van der Waals surface area contributed by atoms with Gasteiger partial charge in [0.05, 0.1) is 11.2 Å². The number of benzene rings is 2. The summed E-state index contributed by atoms with van der Waals surface area (Å²) in [4.78, 5) is 6.53. The Morgan fingerprint density at radius 3 is 2.58 bits per heavy atom. The van der Waals surface area contributed by atoms with Crippen molar-refractivity contribution in [1.29, 1.82) is 0 Å². The first kappa shape index (κ1) is 11.5. The molecule has 0 radical (unpaired) electrons. The van der Waals surface area contributed by atoms with Crippen molar-refractivity contribution in [3.63, 3.8) is 0 Å². The summed E-state index contributed by atoms with van der Waals surface area (Å²) >= 11 is 0. The zero-order valence-corrected chi connectivity index (χ0v) is 10.7. The molecule has 0 fully saturated rings. The highest BCUT2D eigenvalue weighted by Crippen LogP contribution is 2.30. The van der Waals surface area contributed by atoms with E-state index in [4.69, 9.17) is 5.73 Å². The van der Waals surface area contributed by atoms with Gasteiger partial charge in [-0.3, -0.25) is 4.98 Å². The molecule has 3 heteroatoms. The fraction of sp³-hybridized carbons (Fsp3) is 0.0625. The molecule has 0 aliphatic carbocycles. The molecule has 0 bridgehead atoms. The molecule has 0 saturated heterocycles. The van der Waals surface area contributed by atoms with Crippen LogP contribution in [0.1, 0.15) is 0 Å². The zero-order valence-electron chi connectivity index (χ0n) is 10.7. The summed E-state index contributed by atoms with van der Waals surface area (Å²) in [6.45, 7) is 0. The number of hydrogen-bond acceptors (Lipinski definition) is 3. The number of hydrogen-bond donors (Lipinski definition) is 1. The molecule has 2 N–H and O–H groups in total. The van der Waals surface area contributed by atoms with E-state index in [2.05, 4.69) is 29.1 Å². The van der Waals surface area contributed by atoms with Crippen molar-refractivity contribution in [2.75, 3.05) is 17.7 Å². The van der Waals surface area contributed by atoms with E-state index >= 15 is 0 Å². The van der Waals surface area contributed by atoms with Gasteiger partial charge in [0.25, 0.3) is 0 Å². The van der Waals surface area contributed by atoms with Crippen LogP contribution in [0, 0.1) is 0 Å². The van der Waals surface area contributed by atoms with Gasteiger partial charge >= 0.3 is 0 Å². The summed E-state index contributed by atoms with van der Waals surface area (Å²) in [5.41, 5.74) is 9.73. The molecule has 0 amide bonds. The number of fused-ring (bicyclic) bond motifs is 1. The minimum Gasteiger partial charge on any atom is -0.399 e. The first-order valence-electron chi connectivity index (χ1n) is 6.19. The molecule has 0 atom stereocenters. The number of nitrogen functional groups attached to an aromatic ring is 1. The summed E-state index contributed by atoms with van der Waals surface area (Å²) in [6.07, 6.45) is 1.82. The molecule has 3 nitrogen and oxygen atoms in total. The van der Waals surface area contributed by atoms with E-state index in [1.807, 2.05) is 48.7 Å². The van der Waals surface area contributed by atoms with Crippen molar-refractivity contribution in [2.45, 2.75) is 0 Å². The Labute approximate surface area is 112 Å². The molecule has 94 valence electrons. The highest BCUT2D eigenvalue weighted by molar-refractivity contribution is 5.94. The van der Waals surface area contributed by atoms with Gasteiger partial charge in [-0.15, -0.1) is 0 Å². The van der Waals surface area contributed by atoms with Crippen LogP contribution in [0.2, 0.25) is 0 Å². The summed E-state index contributed by atoms with van der Waals surface area (Å²) in [5.74, 6) is 0. The van der Waals surface area contributed by atoms with E-state index in [1.54, 1.807) is 0 Å². The number of aromatic nitrogens is 1. The summed E-state index contributed by atoms with van der Waals surface area (Å²) in [7, 11) is 2.06. The second kappa shape index (κ2) is 4.61. The van der Waals surface area contributed by atoms with Crippen molar-refractivity contribution in [3.05, 3.63) is 60.8 Å². The number of pyridine rings is 1. The molecule has 1 aromatic heterocycles. The summed E-state index contributed by atoms with van der Waals surface area (Å²) in [6, 6.07) is 18.1. The smallest absolute Gasteiger partial charge is 0.0743 e. The van der Waals surface area contributed by atoms with Crippen LogP contribution in [0.25, 0.3) is 10.9 Å². The van der Waals surface area contributed by atoms with Gasteiger partial charge in [0, 0.05) is 30.0 Å². The summed E-state index contributed by atoms with van der Waals surface area (Å²) in [5, 5.41) is 1.10. The quantitative estimate of drug-likeness (QED) is 0.706. The van der Waals surface area contributed by atoms with Gasteiger partial charge in [-0.2, -0.15) is 0 Å². The lowest BCUT2D eigenvalue weighted by atomic mass is 10.1. The van der Waals surface area contributed by atoms with Crippen LogP contribution in [0.15, 0.2) is 60.8 Å². The van der Waals surface area contributed by atoms with Gasteiger partial charge in [-0.05, 0) is 36.4 Å². The largest absolute Gasteiger partial charge is 0.399 e. The maximum atomic E-state index is 5.81. The average molecular weight is 249 g/mol. The number of nitrogens with zero attached hydrogens (tertiary/aromatic N) is 2. The molecule has 3 aromatic rings. The Balaban J connectivity index is 2.15. The number of para-hydroxylation sites is 1. The Hall–Kier alpha value is -2.55. The van der Waals surface area contributed by atoms with E-state index < -0.39 is 0 Å². The molecule has 0 aliphatic rings. The first-order valence-corrected chi connectivity index (χ1v) is 6.19. The molecule has 0 saturated carbocycles. The molecular weight excluding hydrogens is 234 g/mol. The first-order chi connectivity index (χ1) is 9.25. The van der Waals surface area contributed by atoms with E-state index in [0.29, 0.717) is 0 Å². The number of anilines is 3. The molecule has 0 aliphatic heterocycles. The Morgan fingerprint density at radius 2 is 1.79 bits per heavy atom. The Bertz CT molecular complexity index is 708. The number of nitrogens with two attached hydrogens (primary N) is 1. The maximum Gasteiger partial charge on any atom is 0.0743 e. The molecule has 1 heterocycles. The van der Waals surface area contributed by atoms with Gasteiger partial charge in [0.15, 0.2) is 0 Å². The van der Waals surface area contributed by atoms with Crippen LogP contribution in [0.4, 0.5) is 17.1 Å². The van der Waals surface area contributed by atoms with Crippen LogP contribution in [0.3, 0.4) is 0 Å². The minimum absolute atomic E-state index is 0.736. The highest BCUT2D eigenvalue weighted by Gasteiger charge is 2.08. The van der Waals surface area contributed by atoms with Crippen molar-refractivity contribution in [1.82, 2.24) is 4.98 Å². The third-order valence-electron chi connectivity index (χ3n) is 3.25. The fourth-order valence-corrected chi connectivity index (χ4v) is 2.23. The highest BCUT2D eigenvalue weighted by atomic mass is 15.1. The fourth-order valence-electron chi connectivity index (χ4n) is 2.23.